The van der Waals surface area contributed by atoms with E-state index in [9.17, 15) is 9.59 Å². The number of benzene rings is 1. The molecule has 1 aliphatic heterocycles. The first-order valence-electron chi connectivity index (χ1n) is 8.38. The fourth-order valence-electron chi connectivity index (χ4n) is 2.93. The van der Waals surface area contributed by atoms with E-state index < -0.39 is 0 Å². The molecule has 2 aromatic rings. The predicted molar refractivity (Wildman–Crippen MR) is 92.3 cm³/mol. The minimum atomic E-state index is -0.164. The summed E-state index contributed by atoms with van der Waals surface area (Å²) in [6.45, 7) is 4.59. The highest BCUT2D eigenvalue weighted by molar-refractivity contribution is 5.94. The van der Waals surface area contributed by atoms with Gasteiger partial charge in [-0.15, -0.1) is 0 Å². The Kier molecular flexibility index (Phi) is 4.83. The van der Waals surface area contributed by atoms with E-state index in [2.05, 4.69) is 15.5 Å². The van der Waals surface area contributed by atoms with Crippen molar-refractivity contribution in [3.63, 3.8) is 0 Å². The average molecular weight is 342 g/mol. The molecule has 0 aliphatic carbocycles. The number of hydrogen-bond acceptors (Lipinski definition) is 5. The fourth-order valence-corrected chi connectivity index (χ4v) is 2.93. The van der Waals surface area contributed by atoms with Crippen molar-refractivity contribution in [2.45, 2.75) is 39.0 Å². The molecular weight excluding hydrogens is 320 g/mol. The fraction of sp³-hybridized carbons (Fsp3) is 0.444. The van der Waals surface area contributed by atoms with Crippen LogP contribution in [0.2, 0.25) is 0 Å². The van der Waals surface area contributed by atoms with Crippen molar-refractivity contribution in [2.75, 3.05) is 18.5 Å². The molecular formula is C18H22N4O3. The van der Waals surface area contributed by atoms with Crippen molar-refractivity contribution in [1.29, 1.82) is 0 Å². The Morgan fingerprint density at radius 2 is 2.16 bits per heavy atom. The molecule has 2 heterocycles. The number of hydrogen-bond donors (Lipinski definition) is 1. The van der Waals surface area contributed by atoms with Crippen LogP contribution in [0.4, 0.5) is 5.69 Å². The summed E-state index contributed by atoms with van der Waals surface area (Å²) in [7, 11) is 1.57. The predicted octanol–water partition coefficient (Wildman–Crippen LogP) is 1.89. The number of nitrogens with one attached hydrogen (secondary N) is 1. The Bertz CT molecular complexity index is 799. The molecule has 7 nitrogen and oxygen atoms in total. The van der Waals surface area contributed by atoms with Crippen molar-refractivity contribution in [2.24, 2.45) is 0 Å². The SMILES string of the molecule is CNC(=O)Cc1noc([C@@H]2CCC(=O)N(c3ccc(C)c(C)c3)C2)n1. The summed E-state index contributed by atoms with van der Waals surface area (Å²) in [6.07, 6.45) is 1.19. The Balaban J connectivity index is 1.77. The molecule has 0 unspecified atom stereocenters. The van der Waals surface area contributed by atoms with Crippen molar-refractivity contribution >= 4 is 17.5 Å². The van der Waals surface area contributed by atoms with E-state index in [1.54, 1.807) is 11.9 Å². The average Bonchev–Trinajstić information content (AvgIpc) is 3.06. The maximum absolute atomic E-state index is 12.4. The van der Waals surface area contributed by atoms with E-state index in [1.165, 1.54) is 5.56 Å². The number of aryl methyl sites for hydroxylation is 2. The largest absolute Gasteiger partial charge is 0.359 e. The van der Waals surface area contributed by atoms with Gasteiger partial charge in [0.25, 0.3) is 0 Å². The number of rotatable bonds is 4. The van der Waals surface area contributed by atoms with Gasteiger partial charge in [0.2, 0.25) is 17.7 Å². The van der Waals surface area contributed by atoms with Crippen LogP contribution in [0, 0.1) is 13.8 Å². The lowest BCUT2D eigenvalue weighted by molar-refractivity contribution is -0.120. The van der Waals surface area contributed by atoms with E-state index >= 15 is 0 Å². The van der Waals surface area contributed by atoms with Crippen LogP contribution in [0.25, 0.3) is 0 Å². The van der Waals surface area contributed by atoms with Gasteiger partial charge in [-0.2, -0.15) is 4.98 Å². The summed E-state index contributed by atoms with van der Waals surface area (Å²) in [5.41, 5.74) is 3.24. The van der Waals surface area contributed by atoms with Crippen molar-refractivity contribution in [3.05, 3.63) is 41.0 Å². The van der Waals surface area contributed by atoms with Gasteiger partial charge in [-0.25, -0.2) is 0 Å². The summed E-state index contributed by atoms with van der Waals surface area (Å²) < 4.78 is 5.33. The lowest BCUT2D eigenvalue weighted by Crippen LogP contribution is -2.39. The van der Waals surface area contributed by atoms with Crippen LogP contribution < -0.4 is 10.2 Å². The number of piperidine rings is 1. The maximum Gasteiger partial charge on any atom is 0.231 e. The van der Waals surface area contributed by atoms with Gasteiger partial charge in [-0.3, -0.25) is 9.59 Å². The smallest absolute Gasteiger partial charge is 0.231 e. The van der Waals surface area contributed by atoms with Gasteiger partial charge in [0.05, 0.1) is 12.3 Å². The third kappa shape index (κ3) is 3.70. The number of amides is 2. The number of aromatic nitrogens is 2. The van der Waals surface area contributed by atoms with Gasteiger partial charge in [-0.05, 0) is 43.5 Å². The minimum absolute atomic E-state index is 0.0229. The molecule has 3 rings (SSSR count). The summed E-state index contributed by atoms with van der Waals surface area (Å²) >= 11 is 0. The highest BCUT2D eigenvalue weighted by Crippen LogP contribution is 2.30. The second-order valence-corrected chi connectivity index (χ2v) is 6.41. The minimum Gasteiger partial charge on any atom is -0.359 e. The van der Waals surface area contributed by atoms with Crippen LogP contribution in [0.5, 0.6) is 0 Å². The van der Waals surface area contributed by atoms with E-state index in [0.29, 0.717) is 31.1 Å². The zero-order chi connectivity index (χ0) is 18.0. The van der Waals surface area contributed by atoms with E-state index in [1.807, 2.05) is 32.0 Å². The van der Waals surface area contributed by atoms with Crippen LogP contribution in [-0.4, -0.2) is 35.5 Å². The van der Waals surface area contributed by atoms with E-state index in [-0.39, 0.29) is 24.2 Å². The molecule has 1 saturated heterocycles. The summed E-state index contributed by atoms with van der Waals surface area (Å²) in [6, 6.07) is 6.02. The highest BCUT2D eigenvalue weighted by Gasteiger charge is 2.31. The molecule has 0 saturated carbocycles. The molecule has 132 valence electrons. The quantitative estimate of drug-likeness (QED) is 0.916. The van der Waals surface area contributed by atoms with Crippen molar-refractivity contribution in [3.8, 4) is 0 Å². The van der Waals surface area contributed by atoms with E-state index in [0.717, 1.165) is 11.3 Å². The Labute approximate surface area is 146 Å². The molecule has 7 heteroatoms. The molecule has 1 fully saturated rings. The molecule has 1 atom stereocenters. The van der Waals surface area contributed by atoms with Crippen LogP contribution in [0.15, 0.2) is 22.7 Å². The zero-order valence-electron chi connectivity index (χ0n) is 14.7. The molecule has 1 aromatic carbocycles. The Hall–Kier alpha value is -2.70. The number of nitrogens with zero attached hydrogens (tertiary/aromatic N) is 3. The number of likely N-dealkylation sites (N-methyl/N-ethyl adjacent to an activating group) is 1. The molecule has 0 bridgehead atoms. The molecule has 1 aliphatic rings. The highest BCUT2D eigenvalue weighted by atomic mass is 16.5. The second kappa shape index (κ2) is 7.04. The standard InChI is InChI=1S/C18H22N4O3/c1-11-4-6-14(8-12(11)2)22-10-13(5-7-17(22)24)18-20-15(21-25-18)9-16(23)19-3/h4,6,8,13H,5,7,9-10H2,1-3H3,(H,19,23)/t13-/m1/s1. The molecule has 0 spiro atoms. The molecule has 2 amide bonds. The molecule has 25 heavy (non-hydrogen) atoms. The van der Waals surface area contributed by atoms with Gasteiger partial charge in [-0.1, -0.05) is 11.2 Å². The van der Waals surface area contributed by atoms with Crippen molar-refractivity contribution in [1.82, 2.24) is 15.5 Å². The van der Waals surface area contributed by atoms with E-state index in [4.69, 9.17) is 4.52 Å². The van der Waals surface area contributed by atoms with Gasteiger partial charge in [0, 0.05) is 25.7 Å². The zero-order valence-corrected chi connectivity index (χ0v) is 14.7. The Morgan fingerprint density at radius 1 is 1.36 bits per heavy atom. The van der Waals surface area contributed by atoms with Crippen LogP contribution in [-0.2, 0) is 16.0 Å². The summed E-state index contributed by atoms with van der Waals surface area (Å²) in [5, 5.41) is 6.40. The first kappa shape index (κ1) is 17.1. The third-order valence-corrected chi connectivity index (χ3v) is 4.64. The third-order valence-electron chi connectivity index (χ3n) is 4.64. The molecule has 1 N–H and O–H groups in total. The van der Waals surface area contributed by atoms with Crippen LogP contribution in [0.3, 0.4) is 0 Å². The monoisotopic (exact) mass is 342 g/mol. The van der Waals surface area contributed by atoms with Gasteiger partial charge in [0.1, 0.15) is 0 Å². The lowest BCUT2D eigenvalue weighted by Gasteiger charge is -2.31. The maximum atomic E-state index is 12.4. The first-order valence-corrected chi connectivity index (χ1v) is 8.38. The lowest BCUT2D eigenvalue weighted by atomic mass is 9.96. The Morgan fingerprint density at radius 3 is 2.88 bits per heavy atom. The topological polar surface area (TPSA) is 88.3 Å². The molecule has 0 radical (unpaired) electrons. The van der Waals surface area contributed by atoms with Crippen LogP contribution >= 0.6 is 0 Å². The molecule has 1 aromatic heterocycles. The normalized spacial score (nSPS) is 17.6. The van der Waals surface area contributed by atoms with Gasteiger partial charge < -0.3 is 14.7 Å². The number of anilines is 1. The van der Waals surface area contributed by atoms with Crippen molar-refractivity contribution < 1.29 is 14.1 Å². The van der Waals surface area contributed by atoms with Crippen LogP contribution in [0.1, 0.15) is 41.6 Å². The van der Waals surface area contributed by atoms with Gasteiger partial charge >= 0.3 is 0 Å². The number of carbonyl (C=O) groups is 2. The first-order chi connectivity index (χ1) is 12.0. The number of carbonyl (C=O) groups excluding carboxylic acids is 2. The summed E-state index contributed by atoms with van der Waals surface area (Å²) in [5.74, 6) is 0.766. The van der Waals surface area contributed by atoms with Gasteiger partial charge in [0.15, 0.2) is 5.82 Å². The second-order valence-electron chi connectivity index (χ2n) is 6.41. The summed E-state index contributed by atoms with van der Waals surface area (Å²) in [4.78, 5) is 29.9.